The first-order valence-corrected chi connectivity index (χ1v) is 10.4. The molecular weight excluding hydrogens is 378 g/mol. The van der Waals surface area contributed by atoms with Gasteiger partial charge in [0.1, 0.15) is 0 Å². The number of hydrogen-bond acceptors (Lipinski definition) is 3. The summed E-state index contributed by atoms with van der Waals surface area (Å²) in [5, 5.41) is 13.5. The Hall–Kier alpha value is -3.15. The van der Waals surface area contributed by atoms with Gasteiger partial charge in [0.15, 0.2) is 0 Å². The Morgan fingerprint density at radius 3 is 2.57 bits per heavy atom. The molecule has 1 atom stereocenters. The second kappa shape index (κ2) is 9.57. The van der Waals surface area contributed by atoms with E-state index in [1.165, 1.54) is 0 Å². The number of aliphatic carboxylic acids is 1. The molecule has 0 spiro atoms. The lowest BCUT2D eigenvalue weighted by Gasteiger charge is -2.20. The Labute approximate surface area is 176 Å². The highest BCUT2D eigenvalue weighted by molar-refractivity contribution is 5.87. The normalized spacial score (nSPS) is 12.3. The summed E-state index contributed by atoms with van der Waals surface area (Å²) in [6.45, 7) is 6.35. The quantitative estimate of drug-likeness (QED) is 0.553. The second-order valence-electron chi connectivity index (χ2n) is 8.10. The van der Waals surface area contributed by atoms with Crippen LogP contribution in [0.25, 0.3) is 10.9 Å². The Balaban J connectivity index is 2.09. The van der Waals surface area contributed by atoms with Gasteiger partial charge in [-0.1, -0.05) is 38.1 Å². The number of hydrogen-bond donors (Lipinski definition) is 2. The van der Waals surface area contributed by atoms with E-state index in [0.717, 1.165) is 27.7 Å². The van der Waals surface area contributed by atoms with Crippen LogP contribution < -0.4 is 5.32 Å². The lowest BCUT2D eigenvalue weighted by atomic mass is 10.00. The lowest BCUT2D eigenvalue weighted by Crippen LogP contribution is -2.29. The second-order valence-corrected chi connectivity index (χ2v) is 8.10. The number of carboxylic acid groups (broad SMARTS) is 1. The van der Waals surface area contributed by atoms with Crippen molar-refractivity contribution in [3.8, 4) is 0 Å². The standard InChI is InChI=1S/C24H29N3O3/c1-16(2)13-22(28)26-17(3)24-20(14-18-7-6-11-25-15-18)19-8-4-5-9-21(19)27(24)12-10-23(29)30/h4-9,11,15-17H,10,12-14H2,1-3H3,(H,26,28)(H,29,30). The number of nitrogens with one attached hydrogen (secondary N) is 1. The average molecular weight is 408 g/mol. The van der Waals surface area contributed by atoms with Gasteiger partial charge in [-0.15, -0.1) is 0 Å². The topological polar surface area (TPSA) is 84.2 Å². The minimum absolute atomic E-state index is 0.000122. The van der Waals surface area contributed by atoms with Gasteiger partial charge < -0.3 is 15.0 Å². The molecule has 2 heterocycles. The number of fused-ring (bicyclic) bond motifs is 1. The van der Waals surface area contributed by atoms with Crippen molar-refractivity contribution in [2.45, 2.75) is 52.6 Å². The molecule has 0 aliphatic carbocycles. The van der Waals surface area contributed by atoms with E-state index < -0.39 is 5.97 Å². The van der Waals surface area contributed by atoms with Crippen LogP contribution in [0.2, 0.25) is 0 Å². The minimum atomic E-state index is -0.843. The summed E-state index contributed by atoms with van der Waals surface area (Å²) < 4.78 is 2.05. The van der Waals surface area contributed by atoms with Gasteiger partial charge in [-0.3, -0.25) is 14.6 Å². The predicted octanol–water partition coefficient (Wildman–Crippen LogP) is 4.33. The van der Waals surface area contributed by atoms with Gasteiger partial charge in [0.05, 0.1) is 12.5 Å². The molecule has 0 aliphatic heterocycles. The van der Waals surface area contributed by atoms with E-state index in [-0.39, 0.29) is 24.3 Å². The third-order valence-electron chi connectivity index (χ3n) is 5.15. The summed E-state index contributed by atoms with van der Waals surface area (Å²) in [5.41, 5.74) is 4.11. The number of carboxylic acids is 1. The van der Waals surface area contributed by atoms with Crippen LogP contribution in [0.3, 0.4) is 0 Å². The number of carbonyl (C=O) groups excluding carboxylic acids is 1. The van der Waals surface area contributed by atoms with Gasteiger partial charge in [-0.2, -0.15) is 0 Å². The Morgan fingerprint density at radius 2 is 1.90 bits per heavy atom. The molecule has 6 nitrogen and oxygen atoms in total. The number of nitrogens with zero attached hydrogens (tertiary/aromatic N) is 2. The molecule has 0 fully saturated rings. The van der Waals surface area contributed by atoms with Crippen molar-refractivity contribution in [1.82, 2.24) is 14.9 Å². The van der Waals surface area contributed by atoms with Crippen LogP contribution in [-0.4, -0.2) is 26.5 Å². The summed E-state index contributed by atoms with van der Waals surface area (Å²) in [5.74, 6) is -0.575. The van der Waals surface area contributed by atoms with E-state index >= 15 is 0 Å². The first-order valence-electron chi connectivity index (χ1n) is 10.4. The first kappa shape index (κ1) is 21.6. The Morgan fingerprint density at radius 1 is 1.13 bits per heavy atom. The summed E-state index contributed by atoms with van der Waals surface area (Å²) >= 11 is 0. The van der Waals surface area contributed by atoms with E-state index in [9.17, 15) is 14.7 Å². The van der Waals surface area contributed by atoms with E-state index in [4.69, 9.17) is 0 Å². The highest BCUT2D eigenvalue weighted by Crippen LogP contribution is 2.32. The van der Waals surface area contributed by atoms with E-state index in [2.05, 4.69) is 20.9 Å². The molecule has 1 unspecified atom stereocenters. The van der Waals surface area contributed by atoms with Gasteiger partial charge in [-0.05, 0) is 36.1 Å². The molecule has 2 aromatic heterocycles. The van der Waals surface area contributed by atoms with Crippen molar-refractivity contribution in [3.63, 3.8) is 0 Å². The first-order chi connectivity index (χ1) is 14.4. The summed E-state index contributed by atoms with van der Waals surface area (Å²) in [7, 11) is 0. The zero-order valence-corrected chi connectivity index (χ0v) is 17.8. The fourth-order valence-electron chi connectivity index (χ4n) is 3.97. The maximum Gasteiger partial charge on any atom is 0.305 e. The molecule has 0 saturated carbocycles. The van der Waals surface area contributed by atoms with Crippen molar-refractivity contribution in [1.29, 1.82) is 0 Å². The number of rotatable bonds is 9. The van der Waals surface area contributed by atoms with Crippen molar-refractivity contribution >= 4 is 22.8 Å². The summed E-state index contributed by atoms with van der Waals surface area (Å²) in [6, 6.07) is 11.7. The number of benzene rings is 1. The smallest absolute Gasteiger partial charge is 0.305 e. The highest BCUT2D eigenvalue weighted by atomic mass is 16.4. The van der Waals surface area contributed by atoms with Crippen molar-refractivity contribution in [2.75, 3.05) is 0 Å². The molecule has 30 heavy (non-hydrogen) atoms. The number of para-hydroxylation sites is 1. The van der Waals surface area contributed by atoms with Crippen LogP contribution in [-0.2, 0) is 22.6 Å². The summed E-state index contributed by atoms with van der Waals surface area (Å²) in [4.78, 5) is 28.0. The van der Waals surface area contributed by atoms with Crippen LogP contribution in [0.5, 0.6) is 0 Å². The Bertz CT molecular complexity index is 1020. The SMILES string of the molecule is CC(C)CC(=O)NC(C)c1c(Cc2cccnc2)c2ccccc2n1CCC(=O)O. The van der Waals surface area contributed by atoms with Gasteiger partial charge in [0.25, 0.3) is 0 Å². The zero-order valence-electron chi connectivity index (χ0n) is 17.8. The van der Waals surface area contributed by atoms with E-state index in [1.807, 2.05) is 57.3 Å². The number of carbonyl (C=O) groups is 2. The number of aryl methyl sites for hydroxylation is 1. The molecule has 1 amide bonds. The average Bonchev–Trinajstić information content (AvgIpc) is 3.00. The van der Waals surface area contributed by atoms with Crippen LogP contribution in [0.1, 0.15) is 56.5 Å². The monoisotopic (exact) mass is 407 g/mol. The van der Waals surface area contributed by atoms with Crippen molar-refractivity contribution in [2.24, 2.45) is 5.92 Å². The molecule has 1 aromatic carbocycles. The molecule has 3 aromatic rings. The summed E-state index contributed by atoms with van der Waals surface area (Å²) in [6.07, 6.45) is 4.72. The highest BCUT2D eigenvalue weighted by Gasteiger charge is 2.23. The fourth-order valence-corrected chi connectivity index (χ4v) is 3.97. The van der Waals surface area contributed by atoms with Crippen LogP contribution >= 0.6 is 0 Å². The molecule has 2 N–H and O–H groups in total. The predicted molar refractivity (Wildman–Crippen MR) is 117 cm³/mol. The fraction of sp³-hybridized carbons (Fsp3) is 0.375. The molecule has 6 heteroatoms. The molecule has 158 valence electrons. The van der Waals surface area contributed by atoms with E-state index in [1.54, 1.807) is 6.20 Å². The van der Waals surface area contributed by atoms with Crippen LogP contribution in [0.15, 0.2) is 48.8 Å². The van der Waals surface area contributed by atoms with Gasteiger partial charge in [0.2, 0.25) is 5.91 Å². The van der Waals surface area contributed by atoms with Crippen molar-refractivity contribution < 1.29 is 14.7 Å². The number of amides is 1. The van der Waals surface area contributed by atoms with Crippen molar-refractivity contribution in [3.05, 3.63) is 65.6 Å². The van der Waals surface area contributed by atoms with Gasteiger partial charge in [-0.25, -0.2) is 0 Å². The maximum atomic E-state index is 12.5. The van der Waals surface area contributed by atoms with Crippen LogP contribution in [0, 0.1) is 5.92 Å². The van der Waals surface area contributed by atoms with Gasteiger partial charge in [0, 0.05) is 48.4 Å². The molecule has 0 bridgehead atoms. The number of aromatic nitrogens is 2. The molecule has 3 rings (SSSR count). The molecule has 0 saturated heterocycles. The van der Waals surface area contributed by atoms with Crippen LogP contribution in [0.4, 0.5) is 0 Å². The van der Waals surface area contributed by atoms with E-state index in [0.29, 0.717) is 19.4 Å². The third kappa shape index (κ3) is 5.06. The molecule has 0 radical (unpaired) electrons. The Kier molecular flexibility index (Phi) is 6.87. The maximum absolute atomic E-state index is 12.5. The molecule has 0 aliphatic rings. The minimum Gasteiger partial charge on any atom is -0.481 e. The lowest BCUT2D eigenvalue weighted by molar-refractivity contribution is -0.137. The largest absolute Gasteiger partial charge is 0.481 e. The number of pyridine rings is 1. The molecular formula is C24H29N3O3. The van der Waals surface area contributed by atoms with Gasteiger partial charge >= 0.3 is 5.97 Å². The zero-order chi connectivity index (χ0) is 21.7. The third-order valence-corrected chi connectivity index (χ3v) is 5.15.